The van der Waals surface area contributed by atoms with Crippen LogP contribution in [0.15, 0.2) is 72.8 Å². The Morgan fingerprint density at radius 3 is 1.91 bits per heavy atom. The van der Waals surface area contributed by atoms with E-state index in [1.54, 1.807) is 12.1 Å². The highest BCUT2D eigenvalue weighted by Gasteiger charge is 2.38. The van der Waals surface area contributed by atoms with Crippen molar-refractivity contribution in [1.29, 1.82) is 0 Å². The van der Waals surface area contributed by atoms with Crippen molar-refractivity contribution < 1.29 is 24.3 Å². The number of carbonyl (C=O) groups is 4. The van der Waals surface area contributed by atoms with Gasteiger partial charge in [0.05, 0.1) is 6.04 Å². The van der Waals surface area contributed by atoms with Gasteiger partial charge in [0, 0.05) is 19.4 Å². The summed E-state index contributed by atoms with van der Waals surface area (Å²) in [5, 5.41) is 15.7. The number of aromatic hydroxyl groups is 1. The summed E-state index contributed by atoms with van der Waals surface area (Å²) < 4.78 is 0. The van der Waals surface area contributed by atoms with Crippen LogP contribution in [0, 0.1) is 0 Å². The number of phenolic OH excluding ortho intramolecular Hbond substituents is 1. The van der Waals surface area contributed by atoms with Crippen LogP contribution in [0.3, 0.4) is 0 Å². The van der Waals surface area contributed by atoms with Gasteiger partial charge >= 0.3 is 0 Å². The lowest BCUT2D eigenvalue weighted by Crippen LogP contribution is -2.58. The van der Waals surface area contributed by atoms with Crippen LogP contribution in [0.2, 0.25) is 0 Å². The van der Waals surface area contributed by atoms with Gasteiger partial charge in [0.1, 0.15) is 23.9 Å². The van der Waals surface area contributed by atoms with E-state index in [1.165, 1.54) is 4.90 Å². The highest BCUT2D eigenvalue weighted by atomic mass is 16.3. The Bertz CT molecular complexity index is 1490. The van der Waals surface area contributed by atoms with Gasteiger partial charge in [0.25, 0.3) is 0 Å². The largest absolute Gasteiger partial charge is 0.508 e. The van der Waals surface area contributed by atoms with Gasteiger partial charge in [-0.1, -0.05) is 74.5 Å². The summed E-state index contributed by atoms with van der Waals surface area (Å²) in [4.78, 5) is 54.9. The van der Waals surface area contributed by atoms with E-state index in [2.05, 4.69) is 10.6 Å². The topological polar surface area (TPSA) is 168 Å². The number of nitrogens with two attached hydrogens (primary N) is 2. The Hall–Kier alpha value is -4.70. The van der Waals surface area contributed by atoms with Crippen molar-refractivity contribution in [3.8, 4) is 5.75 Å². The van der Waals surface area contributed by atoms with Crippen LogP contribution in [0.4, 0.5) is 0 Å². The summed E-state index contributed by atoms with van der Waals surface area (Å²) in [6, 6.07) is 18.2. The summed E-state index contributed by atoms with van der Waals surface area (Å²) in [5.74, 6) is -1.84. The molecular weight excluding hydrogens is 582 g/mol. The number of carbonyl (C=O) groups excluding carboxylic acids is 4. The molecule has 10 nitrogen and oxygen atoms in total. The fourth-order valence-electron chi connectivity index (χ4n) is 6.17. The van der Waals surface area contributed by atoms with Gasteiger partial charge in [0.2, 0.25) is 23.6 Å². The van der Waals surface area contributed by atoms with E-state index in [9.17, 15) is 24.3 Å². The molecule has 46 heavy (non-hydrogen) atoms. The molecular formula is C36H45N5O5. The predicted octanol–water partition coefficient (Wildman–Crippen LogP) is 2.32. The highest BCUT2D eigenvalue weighted by molar-refractivity contribution is 5.95. The van der Waals surface area contributed by atoms with E-state index in [4.69, 9.17) is 11.5 Å². The first-order valence-electron chi connectivity index (χ1n) is 16.0. The fraction of sp³-hybridized carbons (Fsp3) is 0.389. The van der Waals surface area contributed by atoms with Gasteiger partial charge in [-0.2, -0.15) is 0 Å². The number of aryl methyl sites for hydroxylation is 2. The molecule has 4 rings (SSSR count). The Kier molecular flexibility index (Phi) is 11.9. The van der Waals surface area contributed by atoms with Crippen molar-refractivity contribution in [3.63, 3.8) is 0 Å². The Balaban J connectivity index is 1.50. The standard InChI is InChI=1S/C36H45N5O5/c1-3-25-20-27(42)21-26(4-2)28(25)22-29(37)36(46)41-17-11-16-32(41)35(45)40-31(19-24-14-9-6-10-15-24)34(44)39-30(33(38)43)18-23-12-7-5-8-13-23/h5-10,12-15,20-21,29-32,42H,3-4,11,16-19,22,37H2,1-2H3,(H2,38,43)(H,39,44)(H,40,45)/t29-,30-,31-,32-/m0/s1. The summed E-state index contributed by atoms with van der Waals surface area (Å²) in [5.41, 5.74) is 16.6. The average Bonchev–Trinajstić information content (AvgIpc) is 3.55. The number of amides is 4. The molecule has 1 aliphatic heterocycles. The minimum absolute atomic E-state index is 0.176. The lowest BCUT2D eigenvalue weighted by atomic mass is 9.91. The van der Waals surface area contributed by atoms with Crippen LogP contribution in [-0.4, -0.2) is 64.3 Å². The molecule has 1 heterocycles. The third kappa shape index (κ3) is 8.72. The molecule has 3 aromatic rings. The monoisotopic (exact) mass is 627 g/mol. The van der Waals surface area contributed by atoms with Crippen molar-refractivity contribution in [2.75, 3.05) is 6.54 Å². The van der Waals surface area contributed by atoms with E-state index in [-0.39, 0.29) is 30.9 Å². The number of hydrogen-bond acceptors (Lipinski definition) is 6. The molecule has 4 amide bonds. The first kappa shape index (κ1) is 34.2. The van der Waals surface area contributed by atoms with Crippen LogP contribution < -0.4 is 22.1 Å². The number of hydrogen-bond donors (Lipinski definition) is 5. The molecule has 0 unspecified atom stereocenters. The van der Waals surface area contributed by atoms with Gasteiger partial charge < -0.3 is 32.1 Å². The molecule has 0 radical (unpaired) electrons. The van der Waals surface area contributed by atoms with Crippen molar-refractivity contribution >= 4 is 23.6 Å². The number of rotatable bonds is 14. The molecule has 7 N–H and O–H groups in total. The summed E-state index contributed by atoms with van der Waals surface area (Å²) >= 11 is 0. The molecule has 1 aliphatic rings. The van der Waals surface area contributed by atoms with Crippen LogP contribution in [0.25, 0.3) is 0 Å². The third-order valence-corrected chi connectivity index (χ3v) is 8.62. The quantitative estimate of drug-likeness (QED) is 0.184. The first-order chi connectivity index (χ1) is 22.1. The van der Waals surface area contributed by atoms with E-state index in [0.29, 0.717) is 32.2 Å². The molecule has 4 atom stereocenters. The molecule has 1 saturated heterocycles. The molecule has 3 aromatic carbocycles. The second-order valence-corrected chi connectivity index (χ2v) is 11.9. The van der Waals surface area contributed by atoms with Gasteiger partial charge in [-0.05, 0) is 72.1 Å². The van der Waals surface area contributed by atoms with Crippen molar-refractivity contribution in [2.45, 2.75) is 83.0 Å². The smallest absolute Gasteiger partial charge is 0.243 e. The number of nitrogens with zero attached hydrogens (tertiary/aromatic N) is 1. The van der Waals surface area contributed by atoms with E-state index < -0.39 is 41.9 Å². The Morgan fingerprint density at radius 2 is 1.39 bits per heavy atom. The minimum Gasteiger partial charge on any atom is -0.508 e. The normalized spacial score (nSPS) is 16.3. The molecule has 0 aromatic heterocycles. The number of primary amides is 1. The molecule has 0 aliphatic carbocycles. The minimum atomic E-state index is -1.02. The maximum atomic E-state index is 13.7. The van der Waals surface area contributed by atoms with Gasteiger partial charge in [-0.3, -0.25) is 19.2 Å². The second kappa shape index (κ2) is 16.0. The van der Waals surface area contributed by atoms with Crippen LogP contribution in [-0.2, 0) is 51.3 Å². The zero-order valence-corrected chi connectivity index (χ0v) is 26.6. The molecule has 10 heteroatoms. The Labute approximate surface area is 270 Å². The van der Waals surface area contributed by atoms with E-state index in [0.717, 1.165) is 27.8 Å². The number of benzene rings is 3. The molecule has 0 saturated carbocycles. The average molecular weight is 628 g/mol. The number of likely N-dealkylation sites (tertiary alicyclic amines) is 1. The fourth-order valence-corrected chi connectivity index (χ4v) is 6.17. The van der Waals surface area contributed by atoms with E-state index in [1.807, 2.05) is 74.5 Å². The van der Waals surface area contributed by atoms with Crippen molar-refractivity contribution in [3.05, 3.63) is 101 Å². The molecule has 0 bridgehead atoms. The number of phenols is 1. The SMILES string of the molecule is CCc1cc(O)cc(CC)c1C[C@H](N)C(=O)N1CCC[C@H]1C(=O)N[C@@H](Cc1ccccc1)C(=O)N[C@@H](Cc1ccccc1)C(N)=O. The van der Waals surface area contributed by atoms with Crippen LogP contribution >= 0.6 is 0 Å². The summed E-state index contributed by atoms with van der Waals surface area (Å²) in [6.07, 6.45) is 3.07. The predicted molar refractivity (Wildman–Crippen MR) is 177 cm³/mol. The highest BCUT2D eigenvalue weighted by Crippen LogP contribution is 2.26. The van der Waals surface area contributed by atoms with Crippen molar-refractivity contribution in [1.82, 2.24) is 15.5 Å². The zero-order valence-electron chi connectivity index (χ0n) is 26.6. The Morgan fingerprint density at radius 1 is 0.848 bits per heavy atom. The van der Waals surface area contributed by atoms with E-state index >= 15 is 0 Å². The third-order valence-electron chi connectivity index (χ3n) is 8.62. The lowest BCUT2D eigenvalue weighted by Gasteiger charge is -2.29. The van der Waals surface area contributed by atoms with Crippen LogP contribution in [0.5, 0.6) is 5.75 Å². The molecule has 244 valence electrons. The maximum absolute atomic E-state index is 13.7. The van der Waals surface area contributed by atoms with Crippen LogP contribution in [0.1, 0.15) is 54.5 Å². The summed E-state index contributed by atoms with van der Waals surface area (Å²) in [7, 11) is 0. The first-order valence-corrected chi connectivity index (χ1v) is 16.0. The van der Waals surface area contributed by atoms with Crippen molar-refractivity contribution in [2.24, 2.45) is 11.5 Å². The van der Waals surface area contributed by atoms with Gasteiger partial charge in [-0.25, -0.2) is 0 Å². The zero-order chi connectivity index (χ0) is 33.2. The maximum Gasteiger partial charge on any atom is 0.243 e. The second-order valence-electron chi connectivity index (χ2n) is 11.9. The lowest BCUT2D eigenvalue weighted by molar-refractivity contribution is -0.140. The van der Waals surface area contributed by atoms with Gasteiger partial charge in [0.15, 0.2) is 0 Å². The van der Waals surface area contributed by atoms with Gasteiger partial charge in [-0.15, -0.1) is 0 Å². The molecule has 1 fully saturated rings. The summed E-state index contributed by atoms with van der Waals surface area (Å²) in [6.45, 7) is 4.35. The number of nitrogens with one attached hydrogen (secondary N) is 2. The molecule has 0 spiro atoms.